The van der Waals surface area contributed by atoms with Gasteiger partial charge in [-0.15, -0.1) is 0 Å². The SMILES string of the molecule is COc1ccc2cc(CN(C)C(=O)C3CCN(S(=O)(=O)c4cc(F)ccc4F)CC3)ccc2c1. The molecule has 3 aromatic rings. The first-order valence-corrected chi connectivity index (χ1v) is 12.4. The van der Waals surface area contributed by atoms with Crippen molar-refractivity contribution in [3.8, 4) is 5.75 Å². The molecule has 1 aliphatic heterocycles. The number of ether oxygens (including phenoxy) is 1. The number of rotatable bonds is 6. The predicted molar refractivity (Wildman–Crippen MR) is 125 cm³/mol. The molecule has 6 nitrogen and oxygen atoms in total. The highest BCUT2D eigenvalue weighted by Crippen LogP contribution is 2.28. The second kappa shape index (κ2) is 9.68. The molecule has 0 saturated carbocycles. The lowest BCUT2D eigenvalue weighted by molar-refractivity contribution is -0.135. The van der Waals surface area contributed by atoms with Crippen LogP contribution >= 0.6 is 0 Å². The molecule has 0 bridgehead atoms. The Balaban J connectivity index is 1.39. The summed E-state index contributed by atoms with van der Waals surface area (Å²) in [6.45, 7) is 0.564. The molecule has 1 aliphatic rings. The van der Waals surface area contributed by atoms with Crippen LogP contribution in [0.2, 0.25) is 0 Å². The van der Waals surface area contributed by atoms with E-state index < -0.39 is 26.6 Å². The number of fused-ring (bicyclic) bond motifs is 1. The first kappa shape index (κ1) is 24.1. The van der Waals surface area contributed by atoms with Gasteiger partial charge in [0.15, 0.2) is 0 Å². The highest BCUT2D eigenvalue weighted by Gasteiger charge is 2.34. The van der Waals surface area contributed by atoms with Crippen LogP contribution in [0.4, 0.5) is 8.78 Å². The lowest BCUT2D eigenvalue weighted by Crippen LogP contribution is -2.43. The van der Waals surface area contributed by atoms with Gasteiger partial charge in [-0.3, -0.25) is 4.79 Å². The number of benzene rings is 3. The lowest BCUT2D eigenvalue weighted by atomic mass is 9.96. The van der Waals surface area contributed by atoms with E-state index >= 15 is 0 Å². The topological polar surface area (TPSA) is 66.9 Å². The molecule has 3 aromatic carbocycles. The summed E-state index contributed by atoms with van der Waals surface area (Å²) in [6.07, 6.45) is 0.633. The summed E-state index contributed by atoms with van der Waals surface area (Å²) in [4.78, 5) is 14.0. The van der Waals surface area contributed by atoms with E-state index in [1.54, 1.807) is 19.1 Å². The van der Waals surface area contributed by atoms with E-state index in [9.17, 15) is 22.0 Å². The summed E-state index contributed by atoms with van der Waals surface area (Å²) in [7, 11) is -0.826. The van der Waals surface area contributed by atoms with Crippen molar-refractivity contribution in [2.45, 2.75) is 24.3 Å². The molecule has 0 radical (unpaired) electrons. The number of methoxy groups -OCH3 is 1. The van der Waals surface area contributed by atoms with Crippen molar-refractivity contribution in [3.05, 3.63) is 71.8 Å². The van der Waals surface area contributed by atoms with E-state index in [-0.39, 0.29) is 24.9 Å². The van der Waals surface area contributed by atoms with Crippen LogP contribution in [0.3, 0.4) is 0 Å². The van der Waals surface area contributed by atoms with Crippen molar-refractivity contribution in [2.24, 2.45) is 5.92 Å². The number of sulfonamides is 1. The second-order valence-corrected chi connectivity index (χ2v) is 10.4. The minimum atomic E-state index is -4.17. The zero-order valence-corrected chi connectivity index (χ0v) is 19.8. The molecule has 0 aromatic heterocycles. The van der Waals surface area contributed by atoms with Gasteiger partial charge in [0.2, 0.25) is 15.9 Å². The van der Waals surface area contributed by atoms with E-state index in [1.165, 1.54) is 0 Å². The summed E-state index contributed by atoms with van der Waals surface area (Å²) in [5.74, 6) is -1.43. The molecular weight excluding hydrogens is 462 g/mol. The Morgan fingerprint density at radius 3 is 2.41 bits per heavy atom. The van der Waals surface area contributed by atoms with Crippen LogP contribution in [0.5, 0.6) is 5.75 Å². The van der Waals surface area contributed by atoms with Gasteiger partial charge in [-0.1, -0.05) is 18.2 Å². The first-order chi connectivity index (χ1) is 16.2. The number of hydrogen-bond acceptors (Lipinski definition) is 4. The van der Waals surface area contributed by atoms with E-state index in [0.717, 1.165) is 38.5 Å². The van der Waals surface area contributed by atoms with Crippen molar-refractivity contribution in [3.63, 3.8) is 0 Å². The minimum absolute atomic E-state index is 0.0659. The van der Waals surface area contributed by atoms with E-state index in [2.05, 4.69) is 0 Å². The lowest BCUT2D eigenvalue weighted by Gasteiger charge is -2.32. The molecule has 4 rings (SSSR count). The monoisotopic (exact) mass is 488 g/mol. The normalized spacial score (nSPS) is 15.4. The Morgan fingerprint density at radius 2 is 1.71 bits per heavy atom. The van der Waals surface area contributed by atoms with Crippen LogP contribution in [0, 0.1) is 17.6 Å². The maximum absolute atomic E-state index is 14.0. The van der Waals surface area contributed by atoms with Crippen LogP contribution in [0.25, 0.3) is 10.8 Å². The smallest absolute Gasteiger partial charge is 0.246 e. The number of carbonyl (C=O) groups is 1. The van der Waals surface area contributed by atoms with Gasteiger partial charge >= 0.3 is 0 Å². The first-order valence-electron chi connectivity index (χ1n) is 11.0. The number of carbonyl (C=O) groups excluding carboxylic acids is 1. The molecule has 1 amide bonds. The fraction of sp³-hybridized carbons (Fsp3) is 0.320. The summed E-state index contributed by atoms with van der Waals surface area (Å²) >= 11 is 0. The Hall–Kier alpha value is -3.04. The predicted octanol–water partition coefficient (Wildman–Crippen LogP) is 4.19. The van der Waals surface area contributed by atoms with Gasteiger partial charge in [0.1, 0.15) is 22.3 Å². The zero-order valence-electron chi connectivity index (χ0n) is 19.0. The number of piperidine rings is 1. The number of nitrogens with zero attached hydrogens (tertiary/aromatic N) is 2. The van der Waals surface area contributed by atoms with Gasteiger partial charge in [0, 0.05) is 32.6 Å². The molecular formula is C25H26F2N2O4S. The van der Waals surface area contributed by atoms with Crippen LogP contribution in [0.1, 0.15) is 18.4 Å². The van der Waals surface area contributed by atoms with E-state index in [0.29, 0.717) is 25.5 Å². The molecule has 0 spiro atoms. The zero-order chi connectivity index (χ0) is 24.5. The van der Waals surface area contributed by atoms with Crippen molar-refractivity contribution >= 4 is 26.7 Å². The summed E-state index contributed by atoms with van der Waals surface area (Å²) in [5.41, 5.74) is 0.982. The largest absolute Gasteiger partial charge is 0.497 e. The Morgan fingerprint density at radius 1 is 1.03 bits per heavy atom. The third kappa shape index (κ3) is 4.90. The van der Waals surface area contributed by atoms with Crippen LogP contribution in [0.15, 0.2) is 59.5 Å². The van der Waals surface area contributed by atoms with Gasteiger partial charge in [0.05, 0.1) is 7.11 Å². The van der Waals surface area contributed by atoms with Gasteiger partial charge in [-0.2, -0.15) is 4.31 Å². The molecule has 9 heteroatoms. The van der Waals surface area contributed by atoms with Crippen molar-refractivity contribution in [2.75, 3.05) is 27.2 Å². The van der Waals surface area contributed by atoms with Crippen molar-refractivity contribution in [1.29, 1.82) is 0 Å². The average molecular weight is 489 g/mol. The van der Waals surface area contributed by atoms with E-state index in [1.807, 2.05) is 36.4 Å². The van der Waals surface area contributed by atoms with Crippen molar-refractivity contribution < 1.29 is 26.7 Å². The third-order valence-electron chi connectivity index (χ3n) is 6.22. The van der Waals surface area contributed by atoms with Gasteiger partial charge < -0.3 is 9.64 Å². The van der Waals surface area contributed by atoms with Crippen LogP contribution < -0.4 is 4.74 Å². The molecule has 1 heterocycles. The molecule has 1 saturated heterocycles. The van der Waals surface area contributed by atoms with Crippen LogP contribution in [-0.4, -0.2) is 50.8 Å². The summed E-state index contributed by atoms with van der Waals surface area (Å²) in [5, 5.41) is 2.09. The maximum atomic E-state index is 14.0. The highest BCUT2D eigenvalue weighted by molar-refractivity contribution is 7.89. The number of amides is 1. The Labute approximate surface area is 197 Å². The molecule has 0 atom stereocenters. The Kier molecular flexibility index (Phi) is 6.86. The second-order valence-electron chi connectivity index (χ2n) is 8.49. The Bertz CT molecular complexity index is 1320. The quantitative estimate of drug-likeness (QED) is 0.522. The summed E-state index contributed by atoms with van der Waals surface area (Å²) in [6, 6.07) is 14.2. The highest BCUT2D eigenvalue weighted by atomic mass is 32.2. The third-order valence-corrected chi connectivity index (χ3v) is 8.14. The fourth-order valence-corrected chi connectivity index (χ4v) is 5.86. The van der Waals surface area contributed by atoms with Gasteiger partial charge in [0.25, 0.3) is 0 Å². The average Bonchev–Trinajstić information content (AvgIpc) is 2.84. The summed E-state index contributed by atoms with van der Waals surface area (Å²) < 4.78 is 59.4. The molecule has 0 aliphatic carbocycles. The van der Waals surface area contributed by atoms with Gasteiger partial charge in [-0.25, -0.2) is 17.2 Å². The number of hydrogen-bond donors (Lipinski definition) is 0. The maximum Gasteiger partial charge on any atom is 0.246 e. The number of halogens is 2. The van der Waals surface area contributed by atoms with Crippen molar-refractivity contribution in [1.82, 2.24) is 9.21 Å². The minimum Gasteiger partial charge on any atom is -0.497 e. The standard InChI is InChI=1S/C25H26F2N2O4S/c1-28(16-17-3-4-20-14-22(33-2)7-5-19(20)13-17)25(30)18-9-11-29(12-10-18)34(31,32)24-15-21(26)6-8-23(24)27/h3-8,13-15,18H,9-12,16H2,1-2H3. The molecule has 0 N–H and O–H groups in total. The van der Waals surface area contributed by atoms with Crippen LogP contribution in [-0.2, 0) is 21.4 Å². The van der Waals surface area contributed by atoms with E-state index in [4.69, 9.17) is 4.74 Å². The molecule has 0 unspecified atom stereocenters. The molecule has 34 heavy (non-hydrogen) atoms. The molecule has 180 valence electrons. The van der Waals surface area contributed by atoms with Gasteiger partial charge in [-0.05, 0) is 65.6 Å². The molecule has 1 fully saturated rings. The fourth-order valence-electron chi connectivity index (χ4n) is 4.32.